The third-order valence-corrected chi connectivity index (χ3v) is 3.91. The minimum absolute atomic E-state index is 0.689. The van der Waals surface area contributed by atoms with Crippen LogP contribution in [0.25, 0.3) is 0 Å². The Labute approximate surface area is 150 Å². The lowest BCUT2D eigenvalue weighted by atomic mass is 10.1. The van der Waals surface area contributed by atoms with Crippen molar-refractivity contribution in [2.45, 2.75) is 33.2 Å². The van der Waals surface area contributed by atoms with Crippen molar-refractivity contribution in [2.75, 3.05) is 26.7 Å². The van der Waals surface area contributed by atoms with Crippen LogP contribution in [0.2, 0.25) is 0 Å². The SMILES string of the molecule is CN=C(NCCCOc1c(C)cccc1C)NCCCn1cccn1. The summed E-state index contributed by atoms with van der Waals surface area (Å²) in [4.78, 5) is 4.24. The van der Waals surface area contributed by atoms with E-state index in [2.05, 4.69) is 52.8 Å². The highest BCUT2D eigenvalue weighted by Crippen LogP contribution is 2.22. The molecule has 1 aromatic heterocycles. The fourth-order valence-corrected chi connectivity index (χ4v) is 2.58. The number of nitrogens with one attached hydrogen (secondary N) is 2. The van der Waals surface area contributed by atoms with Crippen LogP contribution in [-0.4, -0.2) is 42.5 Å². The van der Waals surface area contributed by atoms with Gasteiger partial charge in [-0.1, -0.05) is 18.2 Å². The van der Waals surface area contributed by atoms with Gasteiger partial charge in [0.1, 0.15) is 5.75 Å². The number of aliphatic imine (C=N–C) groups is 1. The van der Waals surface area contributed by atoms with Crippen molar-refractivity contribution in [3.8, 4) is 5.75 Å². The average Bonchev–Trinajstić information content (AvgIpc) is 3.12. The monoisotopic (exact) mass is 343 g/mol. The summed E-state index contributed by atoms with van der Waals surface area (Å²) < 4.78 is 7.85. The van der Waals surface area contributed by atoms with Gasteiger partial charge in [0.25, 0.3) is 0 Å². The Morgan fingerprint density at radius 2 is 1.84 bits per heavy atom. The van der Waals surface area contributed by atoms with Crippen molar-refractivity contribution in [1.29, 1.82) is 0 Å². The predicted octanol–water partition coefficient (Wildman–Crippen LogP) is 2.52. The first-order valence-electron chi connectivity index (χ1n) is 8.81. The second-order valence-electron chi connectivity index (χ2n) is 5.97. The molecule has 2 N–H and O–H groups in total. The zero-order chi connectivity index (χ0) is 17.9. The number of ether oxygens (including phenoxy) is 1. The van der Waals surface area contributed by atoms with E-state index in [4.69, 9.17) is 4.74 Å². The van der Waals surface area contributed by atoms with Gasteiger partial charge in [-0.05, 0) is 43.9 Å². The van der Waals surface area contributed by atoms with Crippen LogP contribution in [0.4, 0.5) is 0 Å². The quantitative estimate of drug-likeness (QED) is 0.417. The zero-order valence-electron chi connectivity index (χ0n) is 15.5. The van der Waals surface area contributed by atoms with E-state index in [0.29, 0.717) is 6.61 Å². The number of aromatic nitrogens is 2. The summed E-state index contributed by atoms with van der Waals surface area (Å²) in [6.45, 7) is 7.43. The molecule has 6 heteroatoms. The first-order chi connectivity index (χ1) is 12.2. The third-order valence-electron chi connectivity index (χ3n) is 3.91. The molecule has 6 nitrogen and oxygen atoms in total. The van der Waals surface area contributed by atoms with Crippen LogP contribution in [0.5, 0.6) is 5.75 Å². The van der Waals surface area contributed by atoms with E-state index < -0.39 is 0 Å². The van der Waals surface area contributed by atoms with Gasteiger partial charge in [0.15, 0.2) is 5.96 Å². The Morgan fingerprint density at radius 1 is 1.12 bits per heavy atom. The minimum atomic E-state index is 0.689. The van der Waals surface area contributed by atoms with Crippen LogP contribution in [0.15, 0.2) is 41.7 Å². The molecule has 0 aliphatic heterocycles. The van der Waals surface area contributed by atoms with Crippen molar-refractivity contribution >= 4 is 5.96 Å². The third kappa shape index (κ3) is 6.49. The van der Waals surface area contributed by atoms with Crippen molar-refractivity contribution in [3.63, 3.8) is 0 Å². The molecule has 0 aliphatic rings. The number of aryl methyl sites for hydroxylation is 3. The van der Waals surface area contributed by atoms with E-state index in [1.54, 1.807) is 13.2 Å². The zero-order valence-corrected chi connectivity index (χ0v) is 15.5. The molecule has 0 saturated heterocycles. The maximum atomic E-state index is 5.91. The number of benzene rings is 1. The molecular formula is C19H29N5O. The molecule has 0 radical (unpaired) electrons. The van der Waals surface area contributed by atoms with E-state index in [1.807, 2.05) is 16.9 Å². The predicted molar refractivity (Wildman–Crippen MR) is 102 cm³/mol. The normalized spacial score (nSPS) is 11.4. The van der Waals surface area contributed by atoms with Crippen molar-refractivity contribution in [3.05, 3.63) is 47.8 Å². The Morgan fingerprint density at radius 3 is 2.48 bits per heavy atom. The summed E-state index contributed by atoms with van der Waals surface area (Å²) in [5.74, 6) is 1.83. The maximum absolute atomic E-state index is 5.91. The highest BCUT2D eigenvalue weighted by atomic mass is 16.5. The van der Waals surface area contributed by atoms with Crippen LogP contribution in [-0.2, 0) is 6.54 Å². The molecule has 1 heterocycles. The van der Waals surface area contributed by atoms with Crippen LogP contribution in [0, 0.1) is 13.8 Å². The highest BCUT2D eigenvalue weighted by Gasteiger charge is 2.03. The fraction of sp³-hybridized carbons (Fsp3) is 0.474. The molecule has 25 heavy (non-hydrogen) atoms. The summed E-state index contributed by atoms with van der Waals surface area (Å²) >= 11 is 0. The lowest BCUT2D eigenvalue weighted by Crippen LogP contribution is -2.38. The Bertz CT molecular complexity index is 632. The van der Waals surface area contributed by atoms with E-state index in [0.717, 1.165) is 44.2 Å². The summed E-state index contributed by atoms with van der Waals surface area (Å²) in [5.41, 5.74) is 2.37. The van der Waals surface area contributed by atoms with Crippen molar-refractivity contribution in [2.24, 2.45) is 4.99 Å². The van der Waals surface area contributed by atoms with Crippen LogP contribution in [0.3, 0.4) is 0 Å². The molecule has 0 spiro atoms. The van der Waals surface area contributed by atoms with Crippen molar-refractivity contribution in [1.82, 2.24) is 20.4 Å². The van der Waals surface area contributed by atoms with Crippen LogP contribution in [0.1, 0.15) is 24.0 Å². The molecule has 0 atom stereocenters. The minimum Gasteiger partial charge on any atom is -0.493 e. The number of para-hydroxylation sites is 1. The van der Waals surface area contributed by atoms with E-state index in [9.17, 15) is 0 Å². The summed E-state index contributed by atoms with van der Waals surface area (Å²) in [6, 6.07) is 8.15. The van der Waals surface area contributed by atoms with Gasteiger partial charge in [0, 0.05) is 39.1 Å². The molecule has 0 bridgehead atoms. The Balaban J connectivity index is 1.58. The smallest absolute Gasteiger partial charge is 0.190 e. The Kier molecular flexibility index (Phi) is 7.82. The van der Waals surface area contributed by atoms with Gasteiger partial charge < -0.3 is 15.4 Å². The summed E-state index contributed by atoms with van der Waals surface area (Å²) in [6.07, 6.45) is 5.69. The molecule has 0 aliphatic carbocycles. The second-order valence-corrected chi connectivity index (χ2v) is 5.97. The molecule has 0 saturated carbocycles. The van der Waals surface area contributed by atoms with Crippen LogP contribution < -0.4 is 15.4 Å². The van der Waals surface area contributed by atoms with Gasteiger partial charge in [-0.25, -0.2) is 0 Å². The second kappa shape index (κ2) is 10.4. The number of nitrogens with zero attached hydrogens (tertiary/aromatic N) is 3. The fourth-order valence-electron chi connectivity index (χ4n) is 2.58. The van der Waals surface area contributed by atoms with Crippen molar-refractivity contribution < 1.29 is 4.74 Å². The molecular weight excluding hydrogens is 314 g/mol. The molecule has 1 aromatic carbocycles. The highest BCUT2D eigenvalue weighted by molar-refractivity contribution is 5.79. The standard InChI is InChI=1S/C19H29N5O/c1-16-8-4-9-17(2)18(16)25-15-7-11-22-19(20-3)21-10-5-13-24-14-6-12-23-24/h4,6,8-9,12,14H,5,7,10-11,13,15H2,1-3H3,(H2,20,21,22). The molecule has 136 valence electrons. The largest absolute Gasteiger partial charge is 0.493 e. The van der Waals surface area contributed by atoms with Gasteiger partial charge in [0.2, 0.25) is 0 Å². The topological polar surface area (TPSA) is 63.5 Å². The van der Waals surface area contributed by atoms with Gasteiger partial charge in [-0.2, -0.15) is 5.10 Å². The lowest BCUT2D eigenvalue weighted by molar-refractivity contribution is 0.307. The Hall–Kier alpha value is -2.50. The van der Waals surface area contributed by atoms with Gasteiger partial charge >= 0.3 is 0 Å². The molecule has 0 unspecified atom stereocenters. The number of hydrogen-bond acceptors (Lipinski definition) is 3. The first-order valence-corrected chi connectivity index (χ1v) is 8.81. The first kappa shape index (κ1) is 18.8. The van der Waals surface area contributed by atoms with Crippen LogP contribution >= 0.6 is 0 Å². The molecule has 2 aromatic rings. The number of hydrogen-bond donors (Lipinski definition) is 2. The lowest BCUT2D eigenvalue weighted by Gasteiger charge is -2.14. The van der Waals surface area contributed by atoms with Gasteiger partial charge in [0.05, 0.1) is 6.61 Å². The van der Waals surface area contributed by atoms with E-state index >= 15 is 0 Å². The van der Waals surface area contributed by atoms with Gasteiger partial charge in [-0.3, -0.25) is 9.67 Å². The van der Waals surface area contributed by atoms with E-state index in [-0.39, 0.29) is 0 Å². The molecule has 0 fully saturated rings. The summed E-state index contributed by atoms with van der Waals surface area (Å²) in [7, 11) is 1.79. The average molecular weight is 343 g/mol. The molecule has 2 rings (SSSR count). The van der Waals surface area contributed by atoms with E-state index in [1.165, 1.54) is 11.1 Å². The number of guanidine groups is 1. The molecule has 0 amide bonds. The number of rotatable bonds is 9. The summed E-state index contributed by atoms with van der Waals surface area (Å²) in [5, 5.41) is 10.8. The maximum Gasteiger partial charge on any atom is 0.190 e. The van der Waals surface area contributed by atoms with Gasteiger partial charge in [-0.15, -0.1) is 0 Å².